The molecule has 0 bridgehead atoms. The second-order valence-electron chi connectivity index (χ2n) is 11.7. The van der Waals surface area contributed by atoms with Crippen LogP contribution in [0.5, 0.6) is 0 Å². The number of nitrogens with zero attached hydrogens (tertiary/aromatic N) is 3. The highest BCUT2D eigenvalue weighted by molar-refractivity contribution is 7.92. The van der Waals surface area contributed by atoms with Crippen molar-refractivity contribution in [3.05, 3.63) is 47.4 Å². The molecule has 0 saturated carbocycles. The van der Waals surface area contributed by atoms with Crippen molar-refractivity contribution in [3.63, 3.8) is 0 Å². The molecular formula is C29H40FN3O6S. The first-order chi connectivity index (χ1) is 18.3. The molecule has 0 amide bonds. The molecule has 0 N–H and O–H groups in total. The molecule has 40 heavy (non-hydrogen) atoms. The van der Waals surface area contributed by atoms with Gasteiger partial charge in [-0.05, 0) is 52.7 Å². The molecule has 0 spiro atoms. The number of hydrogen-bond acceptors (Lipinski definition) is 8. The van der Waals surface area contributed by atoms with Gasteiger partial charge in [-0.15, -0.1) is 0 Å². The lowest BCUT2D eigenvalue weighted by molar-refractivity contribution is -0.290. The van der Waals surface area contributed by atoms with E-state index in [1.165, 1.54) is 19.2 Å². The molecule has 1 aliphatic rings. The molecule has 11 heteroatoms. The third-order valence-electron chi connectivity index (χ3n) is 6.06. The van der Waals surface area contributed by atoms with Crippen molar-refractivity contribution in [3.8, 4) is 11.3 Å². The van der Waals surface area contributed by atoms with Gasteiger partial charge in [0.2, 0.25) is 16.0 Å². The number of anilines is 1. The van der Waals surface area contributed by atoms with Crippen LogP contribution in [-0.4, -0.2) is 61.3 Å². The summed E-state index contributed by atoms with van der Waals surface area (Å²) in [6.07, 6.45) is 4.36. The average molecular weight is 578 g/mol. The van der Waals surface area contributed by atoms with E-state index >= 15 is 0 Å². The zero-order valence-electron chi connectivity index (χ0n) is 24.7. The monoisotopic (exact) mass is 577 g/mol. The maximum atomic E-state index is 14.3. The number of benzene rings is 1. The summed E-state index contributed by atoms with van der Waals surface area (Å²) in [5.74, 6) is -1.88. The standard InChI is InChI=1S/C29H40FN3O6S/c1-18(2)25-23(14-13-21-16-22(38-29(6,7)37-21)17-24(34)39-28(3,4)5)26(19-11-10-12-20(30)15-19)32-27(31-25)33(8)40(9,35)36/h10-15,18,21-22H,16-17H2,1-9H3/b14-13+/t21-,22-/m1/s1. The molecule has 0 unspecified atom stereocenters. The Morgan fingerprint density at radius 3 is 2.50 bits per heavy atom. The lowest BCUT2D eigenvalue weighted by Crippen LogP contribution is -2.45. The van der Waals surface area contributed by atoms with Crippen LogP contribution in [0.2, 0.25) is 0 Å². The van der Waals surface area contributed by atoms with Crippen molar-refractivity contribution in [1.82, 2.24) is 9.97 Å². The second kappa shape index (κ2) is 11.9. The average Bonchev–Trinajstić information content (AvgIpc) is 2.78. The number of rotatable bonds is 8. The summed E-state index contributed by atoms with van der Waals surface area (Å²) in [6.45, 7) is 12.9. The highest BCUT2D eigenvalue weighted by Gasteiger charge is 2.36. The van der Waals surface area contributed by atoms with Gasteiger partial charge in [0, 0.05) is 24.6 Å². The summed E-state index contributed by atoms with van der Waals surface area (Å²) in [4.78, 5) is 21.6. The van der Waals surface area contributed by atoms with Crippen molar-refractivity contribution in [1.29, 1.82) is 0 Å². The Bertz CT molecular complexity index is 1370. The Kier molecular flexibility index (Phi) is 9.43. The highest BCUT2D eigenvalue weighted by Crippen LogP contribution is 2.34. The fourth-order valence-electron chi connectivity index (χ4n) is 4.39. The first-order valence-electron chi connectivity index (χ1n) is 13.2. The molecule has 0 aliphatic carbocycles. The van der Waals surface area contributed by atoms with Crippen LogP contribution in [0.1, 0.15) is 78.5 Å². The topological polar surface area (TPSA) is 108 Å². The summed E-state index contributed by atoms with van der Waals surface area (Å²) < 4.78 is 57.4. The van der Waals surface area contributed by atoms with E-state index in [4.69, 9.17) is 14.2 Å². The van der Waals surface area contributed by atoms with E-state index in [1.54, 1.807) is 26.0 Å². The van der Waals surface area contributed by atoms with Gasteiger partial charge in [-0.25, -0.2) is 27.1 Å². The molecule has 1 aliphatic heterocycles. The van der Waals surface area contributed by atoms with Gasteiger partial charge < -0.3 is 14.2 Å². The number of carbonyl (C=O) groups is 1. The zero-order valence-corrected chi connectivity index (χ0v) is 25.5. The number of esters is 1. The van der Waals surface area contributed by atoms with Crippen LogP contribution in [0, 0.1) is 5.82 Å². The molecule has 1 aromatic heterocycles. The lowest BCUT2D eigenvalue weighted by atomic mass is 9.97. The molecule has 2 aromatic rings. The van der Waals surface area contributed by atoms with E-state index < -0.39 is 39.4 Å². The van der Waals surface area contributed by atoms with Crippen molar-refractivity contribution in [2.45, 2.75) is 90.8 Å². The normalized spacial score (nSPS) is 19.7. The van der Waals surface area contributed by atoms with Crippen molar-refractivity contribution < 1.29 is 31.8 Å². The van der Waals surface area contributed by atoms with Crippen LogP contribution < -0.4 is 4.31 Å². The van der Waals surface area contributed by atoms with Gasteiger partial charge in [-0.1, -0.05) is 38.1 Å². The Balaban J connectivity index is 2.05. The van der Waals surface area contributed by atoms with E-state index in [0.29, 0.717) is 28.9 Å². The summed E-state index contributed by atoms with van der Waals surface area (Å²) in [5.41, 5.74) is 1.46. The smallest absolute Gasteiger partial charge is 0.308 e. The van der Waals surface area contributed by atoms with E-state index in [-0.39, 0.29) is 24.3 Å². The van der Waals surface area contributed by atoms with Gasteiger partial charge >= 0.3 is 5.97 Å². The van der Waals surface area contributed by atoms with Crippen LogP contribution in [-0.2, 0) is 29.0 Å². The molecule has 220 valence electrons. The fraction of sp³-hybridized carbons (Fsp3) is 0.552. The van der Waals surface area contributed by atoms with Crippen LogP contribution in [0.4, 0.5) is 10.3 Å². The fourth-order valence-corrected chi connectivity index (χ4v) is 4.77. The van der Waals surface area contributed by atoms with Gasteiger partial charge in [-0.2, -0.15) is 0 Å². The van der Waals surface area contributed by atoms with Gasteiger partial charge in [0.1, 0.15) is 11.4 Å². The molecular weight excluding hydrogens is 537 g/mol. The van der Waals surface area contributed by atoms with Gasteiger partial charge in [0.15, 0.2) is 5.79 Å². The minimum Gasteiger partial charge on any atom is -0.460 e. The third kappa shape index (κ3) is 8.55. The van der Waals surface area contributed by atoms with Crippen molar-refractivity contribution >= 4 is 28.0 Å². The molecule has 1 aromatic carbocycles. The van der Waals surface area contributed by atoms with Gasteiger partial charge in [-0.3, -0.25) is 4.79 Å². The zero-order chi connectivity index (χ0) is 30.0. The largest absolute Gasteiger partial charge is 0.460 e. The van der Waals surface area contributed by atoms with E-state index in [9.17, 15) is 17.6 Å². The molecule has 0 radical (unpaired) electrons. The van der Waals surface area contributed by atoms with E-state index in [1.807, 2.05) is 46.8 Å². The first-order valence-corrected chi connectivity index (χ1v) is 15.1. The Morgan fingerprint density at radius 1 is 1.25 bits per heavy atom. The molecule has 3 rings (SSSR count). The second-order valence-corrected chi connectivity index (χ2v) is 13.8. The first kappa shape index (κ1) is 31.6. The summed E-state index contributed by atoms with van der Waals surface area (Å²) >= 11 is 0. The lowest BCUT2D eigenvalue weighted by Gasteiger charge is -2.39. The quantitative estimate of drug-likeness (QED) is 0.381. The molecule has 1 fully saturated rings. The predicted molar refractivity (Wildman–Crippen MR) is 153 cm³/mol. The number of hydrogen-bond donors (Lipinski definition) is 0. The van der Waals surface area contributed by atoms with Crippen LogP contribution in [0.3, 0.4) is 0 Å². The van der Waals surface area contributed by atoms with Crippen molar-refractivity contribution in [2.24, 2.45) is 0 Å². The molecule has 2 heterocycles. The SMILES string of the molecule is CC(C)c1nc(N(C)S(C)(=O)=O)nc(-c2cccc(F)c2)c1/C=C/[C@@H]1C[C@H](CC(=O)OC(C)(C)C)OC(C)(C)O1. The third-order valence-corrected chi connectivity index (χ3v) is 7.22. The van der Waals surface area contributed by atoms with Crippen LogP contribution >= 0.6 is 0 Å². The minimum absolute atomic E-state index is 0.0107. The number of halogens is 1. The van der Waals surface area contributed by atoms with Crippen molar-refractivity contribution in [2.75, 3.05) is 17.6 Å². The molecule has 2 atom stereocenters. The molecule has 9 nitrogen and oxygen atoms in total. The number of carbonyl (C=O) groups excluding carboxylic acids is 1. The van der Waals surface area contributed by atoms with E-state index in [0.717, 1.165) is 10.6 Å². The number of sulfonamides is 1. The molecule has 1 saturated heterocycles. The highest BCUT2D eigenvalue weighted by atomic mass is 32.2. The maximum Gasteiger partial charge on any atom is 0.308 e. The Morgan fingerprint density at radius 2 is 1.93 bits per heavy atom. The summed E-state index contributed by atoms with van der Waals surface area (Å²) in [6, 6.07) is 5.96. The van der Waals surface area contributed by atoms with Gasteiger partial charge in [0.25, 0.3) is 0 Å². The summed E-state index contributed by atoms with van der Waals surface area (Å²) in [7, 11) is -2.27. The Hall–Kier alpha value is -2.89. The Labute approximate surface area is 236 Å². The van der Waals surface area contributed by atoms with Crippen LogP contribution in [0.15, 0.2) is 30.3 Å². The maximum absolute atomic E-state index is 14.3. The minimum atomic E-state index is -3.64. The predicted octanol–water partition coefficient (Wildman–Crippen LogP) is 5.46. The van der Waals surface area contributed by atoms with Crippen LogP contribution in [0.25, 0.3) is 17.3 Å². The van der Waals surface area contributed by atoms with E-state index in [2.05, 4.69) is 9.97 Å². The number of ether oxygens (including phenoxy) is 3. The van der Waals surface area contributed by atoms with Gasteiger partial charge in [0.05, 0.1) is 36.3 Å². The summed E-state index contributed by atoms with van der Waals surface area (Å²) in [5, 5.41) is 0. The number of aromatic nitrogens is 2.